The molecule has 7 heteroatoms. The Balaban J connectivity index is 1.55. The van der Waals surface area contributed by atoms with E-state index in [0.717, 1.165) is 35.3 Å². The Bertz CT molecular complexity index is 1290. The smallest absolute Gasteiger partial charge is 0.237 e. The highest BCUT2D eigenvalue weighted by molar-refractivity contribution is 6.17. The van der Waals surface area contributed by atoms with Crippen LogP contribution in [0.3, 0.4) is 0 Å². The van der Waals surface area contributed by atoms with Gasteiger partial charge in [0.05, 0.1) is 17.4 Å². The number of nitrogens with zero attached hydrogens (tertiary/aromatic N) is 2. The number of aryl methyl sites for hydroxylation is 2. The number of H-pyrrole nitrogens is 1. The molecule has 7 nitrogen and oxygen atoms in total. The molecule has 3 heterocycles. The van der Waals surface area contributed by atoms with E-state index in [1.807, 2.05) is 31.2 Å². The summed E-state index contributed by atoms with van der Waals surface area (Å²) in [5.74, 6) is -0.511. The van der Waals surface area contributed by atoms with E-state index in [1.54, 1.807) is 13.0 Å². The molecule has 0 aliphatic carbocycles. The Hall–Kier alpha value is -3.58. The highest BCUT2D eigenvalue weighted by atomic mass is 16.5. The predicted octanol–water partition coefficient (Wildman–Crippen LogP) is 3.95. The molecule has 5 rings (SSSR count). The van der Waals surface area contributed by atoms with Crippen LogP contribution in [0.15, 0.2) is 47.0 Å². The van der Waals surface area contributed by atoms with Crippen molar-refractivity contribution in [2.75, 3.05) is 18.0 Å². The zero-order valence-corrected chi connectivity index (χ0v) is 17.3. The molecule has 2 aromatic heterocycles. The van der Waals surface area contributed by atoms with E-state index in [0.29, 0.717) is 23.1 Å². The van der Waals surface area contributed by atoms with E-state index in [-0.39, 0.29) is 23.3 Å². The molecule has 0 saturated carbocycles. The monoisotopic (exact) mass is 417 g/mol. The zero-order valence-electron chi connectivity index (χ0n) is 17.3. The Kier molecular flexibility index (Phi) is 4.55. The van der Waals surface area contributed by atoms with Crippen LogP contribution in [0.1, 0.15) is 33.8 Å². The SMILES string of the molecule is Cc1cc(C(=O)c2c(O)[nH]c3cc(C)c(-c4ccc(N5CCC(O)C5)cc4)cc23)on1. The normalized spacial score (nSPS) is 16.4. The van der Waals surface area contributed by atoms with Gasteiger partial charge in [-0.3, -0.25) is 4.79 Å². The summed E-state index contributed by atoms with van der Waals surface area (Å²) in [7, 11) is 0. The van der Waals surface area contributed by atoms with E-state index in [1.165, 1.54) is 0 Å². The number of anilines is 1. The van der Waals surface area contributed by atoms with E-state index in [2.05, 4.69) is 27.2 Å². The van der Waals surface area contributed by atoms with Crippen LogP contribution < -0.4 is 4.90 Å². The molecule has 2 aromatic carbocycles. The van der Waals surface area contributed by atoms with Crippen LogP contribution in [0.25, 0.3) is 22.0 Å². The molecule has 4 aromatic rings. The number of hydrogen-bond donors (Lipinski definition) is 3. The second kappa shape index (κ2) is 7.28. The summed E-state index contributed by atoms with van der Waals surface area (Å²) < 4.78 is 5.11. The highest BCUT2D eigenvalue weighted by Crippen LogP contribution is 2.35. The number of carbonyl (C=O) groups excluding carboxylic acids is 1. The van der Waals surface area contributed by atoms with Crippen LogP contribution in [0.5, 0.6) is 5.88 Å². The van der Waals surface area contributed by atoms with Crippen molar-refractivity contribution in [1.29, 1.82) is 0 Å². The molecule has 3 N–H and O–H groups in total. The number of nitrogens with one attached hydrogen (secondary N) is 1. The molecule has 1 aliphatic heterocycles. The molecule has 0 amide bonds. The number of rotatable bonds is 4. The maximum Gasteiger partial charge on any atom is 0.237 e. The summed E-state index contributed by atoms with van der Waals surface area (Å²) in [6.07, 6.45) is 0.519. The van der Waals surface area contributed by atoms with Crippen molar-refractivity contribution in [3.63, 3.8) is 0 Å². The van der Waals surface area contributed by atoms with Crippen molar-refractivity contribution in [2.45, 2.75) is 26.4 Å². The number of aliphatic hydroxyl groups is 1. The van der Waals surface area contributed by atoms with Gasteiger partial charge < -0.3 is 24.6 Å². The Labute approximate surface area is 178 Å². The van der Waals surface area contributed by atoms with Gasteiger partial charge in [-0.2, -0.15) is 0 Å². The molecular formula is C24H23N3O4. The van der Waals surface area contributed by atoms with Gasteiger partial charge in [0.15, 0.2) is 0 Å². The van der Waals surface area contributed by atoms with Gasteiger partial charge in [-0.05, 0) is 61.2 Å². The number of aromatic nitrogens is 2. The van der Waals surface area contributed by atoms with Gasteiger partial charge >= 0.3 is 0 Å². The number of carbonyl (C=O) groups is 1. The average Bonchev–Trinajstić information content (AvgIpc) is 3.45. The summed E-state index contributed by atoms with van der Waals surface area (Å²) in [6.45, 7) is 5.24. The second-order valence-corrected chi connectivity index (χ2v) is 8.16. The van der Waals surface area contributed by atoms with Crippen LogP contribution in [-0.2, 0) is 0 Å². The third-order valence-corrected chi connectivity index (χ3v) is 5.91. The molecule has 1 saturated heterocycles. The van der Waals surface area contributed by atoms with Crippen LogP contribution in [0.4, 0.5) is 5.69 Å². The summed E-state index contributed by atoms with van der Waals surface area (Å²) in [4.78, 5) is 18.0. The lowest BCUT2D eigenvalue weighted by Crippen LogP contribution is -2.20. The molecule has 1 unspecified atom stereocenters. The number of fused-ring (bicyclic) bond motifs is 1. The molecule has 1 aliphatic rings. The largest absolute Gasteiger partial charge is 0.494 e. The number of benzene rings is 2. The molecule has 31 heavy (non-hydrogen) atoms. The molecule has 0 radical (unpaired) electrons. The molecule has 1 atom stereocenters. The minimum atomic E-state index is -0.415. The van der Waals surface area contributed by atoms with Crippen molar-refractivity contribution in [3.05, 3.63) is 65.0 Å². The van der Waals surface area contributed by atoms with Crippen molar-refractivity contribution in [3.8, 4) is 17.0 Å². The van der Waals surface area contributed by atoms with E-state index in [4.69, 9.17) is 4.52 Å². The van der Waals surface area contributed by atoms with Crippen molar-refractivity contribution in [2.24, 2.45) is 0 Å². The highest BCUT2D eigenvalue weighted by Gasteiger charge is 2.24. The zero-order chi connectivity index (χ0) is 21.7. The van der Waals surface area contributed by atoms with Crippen molar-refractivity contribution in [1.82, 2.24) is 10.1 Å². The number of aromatic amines is 1. The molecule has 0 spiro atoms. The lowest BCUT2D eigenvalue weighted by molar-refractivity contribution is 0.0999. The topological polar surface area (TPSA) is 103 Å². The number of hydrogen-bond acceptors (Lipinski definition) is 6. The van der Waals surface area contributed by atoms with E-state index < -0.39 is 5.78 Å². The Morgan fingerprint density at radius 2 is 1.97 bits per heavy atom. The first-order chi connectivity index (χ1) is 14.9. The number of β-amino-alcohol motifs (C(OH)–C–C–N with tert-alkyl or cyclic N) is 1. The number of aliphatic hydroxyl groups excluding tert-OH is 1. The van der Waals surface area contributed by atoms with Gasteiger partial charge in [0, 0.05) is 35.7 Å². The maximum absolute atomic E-state index is 13.0. The second-order valence-electron chi connectivity index (χ2n) is 8.16. The van der Waals surface area contributed by atoms with Gasteiger partial charge in [-0.25, -0.2) is 0 Å². The Morgan fingerprint density at radius 1 is 1.19 bits per heavy atom. The fourth-order valence-corrected chi connectivity index (χ4v) is 4.30. The van der Waals surface area contributed by atoms with Crippen molar-refractivity contribution < 1.29 is 19.5 Å². The summed E-state index contributed by atoms with van der Waals surface area (Å²) in [6, 6.07) is 13.6. The van der Waals surface area contributed by atoms with Crippen LogP contribution in [-0.4, -0.2) is 45.3 Å². The first-order valence-electron chi connectivity index (χ1n) is 10.3. The van der Waals surface area contributed by atoms with Gasteiger partial charge in [0.1, 0.15) is 0 Å². The quantitative estimate of drug-likeness (QED) is 0.435. The van der Waals surface area contributed by atoms with Crippen LogP contribution >= 0.6 is 0 Å². The van der Waals surface area contributed by atoms with Gasteiger partial charge in [-0.15, -0.1) is 0 Å². The lowest BCUT2D eigenvalue weighted by atomic mass is 9.96. The third-order valence-electron chi connectivity index (χ3n) is 5.91. The van der Waals surface area contributed by atoms with Crippen LogP contribution in [0, 0.1) is 13.8 Å². The number of aromatic hydroxyl groups is 1. The standard InChI is InChI=1S/C24H23N3O4/c1-13-9-20-19(22(24(30)25-20)23(29)21-10-14(2)26-31-21)11-18(13)15-3-5-16(6-4-15)27-8-7-17(28)12-27/h3-6,9-11,17,25,28,30H,7-8,12H2,1-2H3. The van der Waals surface area contributed by atoms with E-state index >= 15 is 0 Å². The molecule has 0 bridgehead atoms. The Morgan fingerprint density at radius 3 is 2.61 bits per heavy atom. The first kappa shape index (κ1) is 19.4. The summed E-state index contributed by atoms with van der Waals surface area (Å²) in [5.41, 5.74) is 5.54. The van der Waals surface area contributed by atoms with Gasteiger partial charge in [-0.1, -0.05) is 17.3 Å². The van der Waals surface area contributed by atoms with Crippen molar-refractivity contribution >= 4 is 22.4 Å². The molecule has 158 valence electrons. The fraction of sp³-hybridized carbons (Fsp3) is 0.250. The minimum absolute atomic E-state index is 0.0907. The molecular weight excluding hydrogens is 394 g/mol. The third kappa shape index (κ3) is 3.37. The van der Waals surface area contributed by atoms with E-state index in [9.17, 15) is 15.0 Å². The maximum atomic E-state index is 13.0. The fourth-order valence-electron chi connectivity index (χ4n) is 4.30. The van der Waals surface area contributed by atoms with Gasteiger partial charge in [0.2, 0.25) is 17.4 Å². The minimum Gasteiger partial charge on any atom is -0.494 e. The lowest BCUT2D eigenvalue weighted by Gasteiger charge is -2.18. The predicted molar refractivity (Wildman–Crippen MR) is 118 cm³/mol. The van der Waals surface area contributed by atoms with Gasteiger partial charge in [0.25, 0.3) is 0 Å². The number of ketones is 1. The first-order valence-corrected chi connectivity index (χ1v) is 10.3. The summed E-state index contributed by atoms with van der Waals surface area (Å²) in [5, 5.41) is 24.6. The average molecular weight is 417 g/mol. The molecule has 1 fully saturated rings. The summed E-state index contributed by atoms with van der Waals surface area (Å²) >= 11 is 0. The van der Waals surface area contributed by atoms with Crippen LogP contribution in [0.2, 0.25) is 0 Å².